The molecule has 0 saturated heterocycles. The van der Waals surface area contributed by atoms with E-state index in [0.29, 0.717) is 18.8 Å². The van der Waals surface area contributed by atoms with Crippen molar-refractivity contribution in [3.8, 4) is 22.5 Å². The molecule has 0 bridgehead atoms. The lowest BCUT2D eigenvalue weighted by atomic mass is 9.98. The Labute approximate surface area is 231 Å². The van der Waals surface area contributed by atoms with Crippen molar-refractivity contribution in [2.45, 2.75) is 26.3 Å². The van der Waals surface area contributed by atoms with E-state index in [1.165, 1.54) is 0 Å². The third-order valence-electron chi connectivity index (χ3n) is 6.53. The molecule has 0 aliphatic carbocycles. The first-order chi connectivity index (χ1) is 19.5. The standard InChI is InChI=1S/C29H31N7O4/c1-2-26(37)36(17-16-30-28(38)25(29(39)33-40)18-20-8-4-3-5-9-20)19-21-12-14-22(15-13-21)23-10-6-7-11-24(23)27-31-34-35-32-27/h3-15,25,40H,2,16-19H2,1H3,(H,30,38)(H,33,39)(H,31,32,34,35). The number of carbonyl (C=O) groups excluding carboxylic acids is 3. The van der Waals surface area contributed by atoms with Gasteiger partial charge in [0.05, 0.1) is 0 Å². The third-order valence-corrected chi connectivity index (χ3v) is 6.53. The van der Waals surface area contributed by atoms with Gasteiger partial charge in [-0.2, -0.15) is 0 Å². The van der Waals surface area contributed by atoms with Crippen LogP contribution >= 0.6 is 0 Å². The molecule has 11 nitrogen and oxygen atoms in total. The molecular weight excluding hydrogens is 510 g/mol. The zero-order valence-corrected chi connectivity index (χ0v) is 22.1. The summed E-state index contributed by atoms with van der Waals surface area (Å²) >= 11 is 0. The SMILES string of the molecule is CCC(=O)N(CCNC(=O)C(Cc1ccccc1)C(=O)NO)Cc1ccc(-c2ccccc2-c2nnn[nH]2)cc1. The van der Waals surface area contributed by atoms with Crippen LogP contribution in [-0.2, 0) is 27.3 Å². The second-order valence-corrected chi connectivity index (χ2v) is 9.17. The molecule has 0 saturated carbocycles. The molecule has 0 spiro atoms. The number of aromatic nitrogens is 4. The molecule has 4 aromatic rings. The number of nitrogens with zero attached hydrogens (tertiary/aromatic N) is 4. The summed E-state index contributed by atoms with van der Waals surface area (Å²) in [6.45, 7) is 2.57. The van der Waals surface area contributed by atoms with Gasteiger partial charge >= 0.3 is 0 Å². The molecule has 11 heteroatoms. The first-order valence-corrected chi connectivity index (χ1v) is 13.0. The van der Waals surface area contributed by atoms with Crippen molar-refractivity contribution in [1.82, 2.24) is 36.3 Å². The number of rotatable bonds is 12. The van der Waals surface area contributed by atoms with Crippen LogP contribution in [0.2, 0.25) is 0 Å². The maximum atomic E-state index is 12.8. The second kappa shape index (κ2) is 13.8. The first kappa shape index (κ1) is 28.1. The van der Waals surface area contributed by atoms with Crippen LogP contribution < -0.4 is 10.8 Å². The van der Waals surface area contributed by atoms with E-state index in [1.807, 2.05) is 78.9 Å². The predicted molar refractivity (Wildman–Crippen MR) is 147 cm³/mol. The van der Waals surface area contributed by atoms with E-state index in [4.69, 9.17) is 5.21 Å². The quantitative estimate of drug-likeness (QED) is 0.122. The van der Waals surface area contributed by atoms with Crippen LogP contribution in [0, 0.1) is 5.92 Å². The largest absolute Gasteiger partial charge is 0.354 e. The fourth-order valence-electron chi connectivity index (χ4n) is 4.41. The van der Waals surface area contributed by atoms with Gasteiger partial charge in [0.25, 0.3) is 5.91 Å². The van der Waals surface area contributed by atoms with Crippen molar-refractivity contribution < 1.29 is 19.6 Å². The predicted octanol–water partition coefficient (Wildman–Crippen LogP) is 2.75. The highest BCUT2D eigenvalue weighted by molar-refractivity contribution is 6.00. The second-order valence-electron chi connectivity index (χ2n) is 9.17. The van der Waals surface area contributed by atoms with Crippen molar-refractivity contribution in [2.75, 3.05) is 13.1 Å². The summed E-state index contributed by atoms with van der Waals surface area (Å²) in [7, 11) is 0. The van der Waals surface area contributed by atoms with Gasteiger partial charge in [0.1, 0.15) is 5.92 Å². The molecule has 0 fully saturated rings. The summed E-state index contributed by atoms with van der Waals surface area (Å²) in [5.41, 5.74) is 6.11. The lowest BCUT2D eigenvalue weighted by Gasteiger charge is -2.23. The maximum Gasteiger partial charge on any atom is 0.256 e. The topological polar surface area (TPSA) is 153 Å². The van der Waals surface area contributed by atoms with Gasteiger partial charge in [0.2, 0.25) is 11.8 Å². The Morgan fingerprint density at radius 2 is 1.60 bits per heavy atom. The monoisotopic (exact) mass is 541 g/mol. The molecule has 1 unspecified atom stereocenters. The number of aromatic amines is 1. The van der Waals surface area contributed by atoms with Crippen molar-refractivity contribution in [1.29, 1.82) is 0 Å². The van der Waals surface area contributed by atoms with Crippen LogP contribution in [0.3, 0.4) is 0 Å². The molecule has 0 aliphatic heterocycles. The van der Waals surface area contributed by atoms with Gasteiger partial charge in [-0.15, -0.1) is 5.10 Å². The van der Waals surface area contributed by atoms with Gasteiger partial charge < -0.3 is 10.2 Å². The fourth-order valence-corrected chi connectivity index (χ4v) is 4.41. The van der Waals surface area contributed by atoms with Crippen molar-refractivity contribution >= 4 is 17.7 Å². The molecule has 0 radical (unpaired) electrons. The number of carbonyl (C=O) groups is 3. The minimum absolute atomic E-state index is 0.0598. The van der Waals surface area contributed by atoms with Crippen LogP contribution in [0.4, 0.5) is 0 Å². The van der Waals surface area contributed by atoms with E-state index < -0.39 is 17.7 Å². The molecule has 40 heavy (non-hydrogen) atoms. The minimum Gasteiger partial charge on any atom is -0.354 e. The van der Waals surface area contributed by atoms with E-state index >= 15 is 0 Å². The summed E-state index contributed by atoms with van der Waals surface area (Å²) in [6, 6.07) is 24.8. The smallest absolute Gasteiger partial charge is 0.256 e. The lowest BCUT2D eigenvalue weighted by molar-refractivity contribution is -0.141. The third kappa shape index (κ3) is 7.14. The van der Waals surface area contributed by atoms with Gasteiger partial charge in [-0.05, 0) is 39.1 Å². The Bertz CT molecular complexity index is 1410. The molecule has 1 aromatic heterocycles. The Morgan fingerprint density at radius 3 is 2.25 bits per heavy atom. The van der Waals surface area contributed by atoms with Gasteiger partial charge in [0, 0.05) is 31.6 Å². The molecule has 1 atom stereocenters. The number of benzene rings is 3. The average molecular weight is 542 g/mol. The normalized spacial score (nSPS) is 11.4. The van der Waals surface area contributed by atoms with E-state index in [0.717, 1.165) is 27.8 Å². The number of hydroxylamine groups is 1. The van der Waals surface area contributed by atoms with Gasteiger partial charge in [-0.3, -0.25) is 19.6 Å². The van der Waals surface area contributed by atoms with Crippen LogP contribution in [0.15, 0.2) is 78.9 Å². The highest BCUT2D eigenvalue weighted by Crippen LogP contribution is 2.29. The van der Waals surface area contributed by atoms with Gasteiger partial charge in [-0.25, -0.2) is 10.6 Å². The van der Waals surface area contributed by atoms with Crippen LogP contribution in [0.5, 0.6) is 0 Å². The van der Waals surface area contributed by atoms with E-state index in [2.05, 4.69) is 25.9 Å². The summed E-state index contributed by atoms with van der Waals surface area (Å²) in [5.74, 6) is -1.90. The van der Waals surface area contributed by atoms with E-state index in [9.17, 15) is 14.4 Å². The van der Waals surface area contributed by atoms with Crippen LogP contribution in [0.1, 0.15) is 24.5 Å². The summed E-state index contributed by atoms with van der Waals surface area (Å²) < 4.78 is 0. The summed E-state index contributed by atoms with van der Waals surface area (Å²) in [5, 5.41) is 26.0. The Balaban J connectivity index is 1.39. The summed E-state index contributed by atoms with van der Waals surface area (Å²) in [6.07, 6.45) is 0.452. The fraction of sp³-hybridized carbons (Fsp3) is 0.241. The molecule has 4 rings (SSSR count). The van der Waals surface area contributed by atoms with Crippen LogP contribution in [-0.4, -0.2) is 61.5 Å². The van der Waals surface area contributed by atoms with E-state index in [-0.39, 0.29) is 25.4 Å². The molecule has 4 N–H and O–H groups in total. The number of hydrogen-bond acceptors (Lipinski definition) is 7. The lowest BCUT2D eigenvalue weighted by Crippen LogP contribution is -2.44. The van der Waals surface area contributed by atoms with E-state index in [1.54, 1.807) is 17.3 Å². The Kier molecular flexibility index (Phi) is 9.67. The molecule has 0 aliphatic rings. The molecule has 1 heterocycles. The number of H-pyrrole nitrogens is 1. The minimum atomic E-state index is -1.11. The number of nitrogens with one attached hydrogen (secondary N) is 3. The molecular formula is C29H31N7O4. The van der Waals surface area contributed by atoms with Gasteiger partial charge in [0.15, 0.2) is 5.82 Å². The van der Waals surface area contributed by atoms with Gasteiger partial charge in [-0.1, -0.05) is 85.8 Å². The van der Waals surface area contributed by atoms with Crippen LogP contribution in [0.25, 0.3) is 22.5 Å². The highest BCUT2D eigenvalue weighted by atomic mass is 16.5. The number of hydrogen-bond donors (Lipinski definition) is 4. The van der Waals surface area contributed by atoms with Crippen molar-refractivity contribution in [2.24, 2.45) is 5.92 Å². The zero-order chi connectivity index (χ0) is 28.3. The summed E-state index contributed by atoms with van der Waals surface area (Å²) in [4.78, 5) is 39.3. The Hall–Kier alpha value is -4.90. The first-order valence-electron chi connectivity index (χ1n) is 13.0. The number of amides is 3. The molecule has 3 aromatic carbocycles. The highest BCUT2D eigenvalue weighted by Gasteiger charge is 2.27. The number of tetrazole rings is 1. The maximum absolute atomic E-state index is 12.8. The van der Waals surface area contributed by atoms with Crippen molar-refractivity contribution in [3.63, 3.8) is 0 Å². The Morgan fingerprint density at radius 1 is 0.900 bits per heavy atom. The average Bonchev–Trinajstić information content (AvgIpc) is 3.54. The molecule has 3 amide bonds. The zero-order valence-electron chi connectivity index (χ0n) is 22.1. The van der Waals surface area contributed by atoms with Crippen molar-refractivity contribution in [3.05, 3.63) is 90.0 Å². The molecule has 206 valence electrons.